The van der Waals surface area contributed by atoms with Gasteiger partial charge in [-0.3, -0.25) is 9.59 Å². The van der Waals surface area contributed by atoms with Crippen molar-refractivity contribution in [3.05, 3.63) is 82.3 Å². The van der Waals surface area contributed by atoms with Crippen LogP contribution in [0, 0.1) is 5.82 Å². The van der Waals surface area contributed by atoms with Crippen molar-refractivity contribution >= 4 is 23.8 Å². The van der Waals surface area contributed by atoms with Crippen LogP contribution in [-0.4, -0.2) is 23.8 Å². The Bertz CT molecular complexity index is 1060. The van der Waals surface area contributed by atoms with E-state index in [1.807, 2.05) is 19.1 Å². The van der Waals surface area contributed by atoms with E-state index in [9.17, 15) is 14.0 Å². The predicted octanol–water partition coefficient (Wildman–Crippen LogP) is 4.68. The molecule has 148 valence electrons. The number of aldehydes is 1. The van der Waals surface area contributed by atoms with Crippen LogP contribution in [0.15, 0.2) is 54.7 Å². The second kappa shape index (κ2) is 9.30. The van der Waals surface area contributed by atoms with E-state index in [1.54, 1.807) is 24.4 Å². The molecule has 1 amide bonds. The quantitative estimate of drug-likeness (QED) is 0.572. The van der Waals surface area contributed by atoms with Gasteiger partial charge in [0.2, 0.25) is 5.88 Å². The first-order valence-electron chi connectivity index (χ1n) is 8.92. The van der Waals surface area contributed by atoms with Crippen molar-refractivity contribution in [2.75, 3.05) is 6.61 Å². The zero-order valence-electron chi connectivity index (χ0n) is 15.6. The van der Waals surface area contributed by atoms with Crippen LogP contribution in [0.1, 0.15) is 33.2 Å². The van der Waals surface area contributed by atoms with E-state index in [2.05, 4.69) is 10.3 Å². The molecule has 0 aliphatic rings. The van der Waals surface area contributed by atoms with Crippen LogP contribution in [0.25, 0.3) is 11.1 Å². The highest BCUT2D eigenvalue weighted by Crippen LogP contribution is 2.25. The Morgan fingerprint density at radius 3 is 2.76 bits per heavy atom. The van der Waals surface area contributed by atoms with Gasteiger partial charge in [-0.25, -0.2) is 9.37 Å². The van der Waals surface area contributed by atoms with Crippen LogP contribution in [-0.2, 0) is 6.54 Å². The summed E-state index contributed by atoms with van der Waals surface area (Å²) in [7, 11) is 0. The molecular weight excluding hydrogens is 395 g/mol. The van der Waals surface area contributed by atoms with Crippen LogP contribution in [0.3, 0.4) is 0 Å². The number of hydrogen-bond donors (Lipinski definition) is 1. The van der Waals surface area contributed by atoms with Crippen LogP contribution in [0.2, 0.25) is 5.02 Å². The smallest absolute Gasteiger partial charge is 0.254 e. The first-order valence-corrected chi connectivity index (χ1v) is 9.30. The van der Waals surface area contributed by atoms with Gasteiger partial charge < -0.3 is 10.1 Å². The molecule has 0 atom stereocenters. The Morgan fingerprint density at radius 1 is 1.21 bits per heavy atom. The molecule has 3 rings (SSSR count). The highest BCUT2D eigenvalue weighted by molar-refractivity contribution is 6.30. The number of halogens is 2. The Labute approximate surface area is 172 Å². The fraction of sp³-hybridized carbons (Fsp3) is 0.136. The molecule has 0 spiro atoms. The average molecular weight is 413 g/mol. The van der Waals surface area contributed by atoms with E-state index in [0.717, 1.165) is 23.5 Å². The molecule has 2 aromatic carbocycles. The van der Waals surface area contributed by atoms with Gasteiger partial charge in [0.05, 0.1) is 12.2 Å². The summed E-state index contributed by atoms with van der Waals surface area (Å²) < 4.78 is 19.5. The lowest BCUT2D eigenvalue weighted by Crippen LogP contribution is -2.24. The molecular formula is C22H18ClFN2O3. The van der Waals surface area contributed by atoms with Crippen LogP contribution < -0.4 is 10.1 Å². The fourth-order valence-corrected chi connectivity index (χ4v) is 2.94. The molecule has 5 nitrogen and oxygen atoms in total. The van der Waals surface area contributed by atoms with Crippen molar-refractivity contribution in [3.8, 4) is 17.0 Å². The summed E-state index contributed by atoms with van der Waals surface area (Å²) in [6.45, 7) is 2.32. The minimum Gasteiger partial charge on any atom is -0.478 e. The first kappa shape index (κ1) is 20.5. The number of hydrogen-bond acceptors (Lipinski definition) is 4. The minimum atomic E-state index is -0.697. The second-order valence-electron chi connectivity index (χ2n) is 6.17. The molecule has 1 aromatic heterocycles. The lowest BCUT2D eigenvalue weighted by atomic mass is 10.0. The number of nitrogens with one attached hydrogen (secondary N) is 1. The van der Waals surface area contributed by atoms with Gasteiger partial charge in [-0.05, 0) is 42.8 Å². The number of aromatic nitrogens is 1. The summed E-state index contributed by atoms with van der Waals surface area (Å²) in [5, 5.41) is 2.89. The Balaban J connectivity index is 1.86. The third-order valence-corrected chi connectivity index (χ3v) is 4.41. The molecule has 0 saturated heterocycles. The van der Waals surface area contributed by atoms with Crippen molar-refractivity contribution in [2.45, 2.75) is 13.5 Å². The highest BCUT2D eigenvalue weighted by atomic mass is 35.5. The number of nitrogens with zero attached hydrogens (tertiary/aromatic N) is 1. The maximum absolute atomic E-state index is 14.0. The van der Waals surface area contributed by atoms with Crippen molar-refractivity contribution in [1.82, 2.24) is 10.3 Å². The fourth-order valence-electron chi connectivity index (χ4n) is 2.78. The number of ether oxygens (including phenoxy) is 1. The molecule has 29 heavy (non-hydrogen) atoms. The van der Waals surface area contributed by atoms with Gasteiger partial charge in [-0.15, -0.1) is 0 Å². The number of pyridine rings is 1. The lowest BCUT2D eigenvalue weighted by molar-refractivity contribution is 0.0946. The number of carbonyl (C=O) groups excluding carboxylic acids is 2. The standard InChI is InChI=1S/C22H18ClFN2O3/c1-2-29-22-17(12-25-21(28)19-7-6-18(23)10-20(19)24)9-16(11-26-22)15-5-3-4-14(8-15)13-27/h3-11,13H,2,12H2,1H3,(H,25,28). The van der Waals surface area contributed by atoms with Crippen LogP contribution in [0.4, 0.5) is 4.39 Å². The maximum atomic E-state index is 14.0. The first-order chi connectivity index (χ1) is 14.0. The molecule has 0 bridgehead atoms. The average Bonchev–Trinajstić information content (AvgIpc) is 2.73. The molecule has 0 saturated carbocycles. The maximum Gasteiger partial charge on any atom is 0.254 e. The van der Waals surface area contributed by atoms with Gasteiger partial charge >= 0.3 is 0 Å². The number of amides is 1. The largest absolute Gasteiger partial charge is 0.478 e. The third-order valence-electron chi connectivity index (χ3n) is 4.18. The van der Waals surface area contributed by atoms with E-state index >= 15 is 0 Å². The lowest BCUT2D eigenvalue weighted by Gasteiger charge is -2.13. The zero-order chi connectivity index (χ0) is 20.8. The Morgan fingerprint density at radius 2 is 2.03 bits per heavy atom. The van der Waals surface area contributed by atoms with Crippen molar-refractivity contribution in [1.29, 1.82) is 0 Å². The summed E-state index contributed by atoms with van der Waals surface area (Å²) in [5.41, 5.74) is 2.64. The second-order valence-corrected chi connectivity index (χ2v) is 6.61. The molecule has 0 fully saturated rings. The molecule has 0 unspecified atom stereocenters. The summed E-state index contributed by atoms with van der Waals surface area (Å²) in [6, 6.07) is 12.8. The van der Waals surface area contributed by atoms with E-state index in [-0.39, 0.29) is 17.1 Å². The zero-order valence-corrected chi connectivity index (χ0v) is 16.4. The Kier molecular flexibility index (Phi) is 6.57. The molecule has 7 heteroatoms. The number of rotatable bonds is 7. The van der Waals surface area contributed by atoms with Gasteiger partial charge in [-0.2, -0.15) is 0 Å². The normalized spacial score (nSPS) is 10.4. The topological polar surface area (TPSA) is 68.3 Å². The summed E-state index contributed by atoms with van der Waals surface area (Å²) >= 11 is 5.73. The van der Waals surface area contributed by atoms with Gasteiger partial charge in [-0.1, -0.05) is 29.8 Å². The highest BCUT2D eigenvalue weighted by Gasteiger charge is 2.14. The van der Waals surface area contributed by atoms with Crippen molar-refractivity contribution in [2.24, 2.45) is 0 Å². The molecule has 0 aliphatic heterocycles. The van der Waals surface area contributed by atoms with Gasteiger partial charge in [0.25, 0.3) is 5.91 Å². The van der Waals surface area contributed by atoms with Crippen LogP contribution >= 0.6 is 11.6 Å². The van der Waals surface area contributed by atoms with Gasteiger partial charge in [0.1, 0.15) is 12.1 Å². The molecule has 1 heterocycles. The number of benzene rings is 2. The number of carbonyl (C=O) groups is 2. The van der Waals surface area contributed by atoms with Crippen LogP contribution in [0.5, 0.6) is 5.88 Å². The third kappa shape index (κ3) is 4.97. The van der Waals surface area contributed by atoms with E-state index in [4.69, 9.17) is 16.3 Å². The van der Waals surface area contributed by atoms with Gasteiger partial charge in [0.15, 0.2) is 0 Å². The predicted molar refractivity (Wildman–Crippen MR) is 109 cm³/mol. The van der Waals surface area contributed by atoms with Crippen molar-refractivity contribution in [3.63, 3.8) is 0 Å². The van der Waals surface area contributed by atoms with E-state index in [0.29, 0.717) is 23.6 Å². The molecule has 1 N–H and O–H groups in total. The summed E-state index contributed by atoms with van der Waals surface area (Å²) in [6.07, 6.45) is 2.41. The SMILES string of the molecule is CCOc1ncc(-c2cccc(C=O)c2)cc1CNC(=O)c1ccc(Cl)cc1F. The molecule has 0 aliphatic carbocycles. The summed E-state index contributed by atoms with van der Waals surface area (Å²) in [4.78, 5) is 27.7. The van der Waals surface area contributed by atoms with Gasteiger partial charge in [0, 0.05) is 34.5 Å². The molecule has 3 aromatic rings. The monoisotopic (exact) mass is 412 g/mol. The Hall–Kier alpha value is -3.25. The molecule has 0 radical (unpaired) electrons. The minimum absolute atomic E-state index is 0.0877. The van der Waals surface area contributed by atoms with E-state index < -0.39 is 11.7 Å². The van der Waals surface area contributed by atoms with Crippen molar-refractivity contribution < 1.29 is 18.7 Å². The summed E-state index contributed by atoms with van der Waals surface area (Å²) in [5.74, 6) is -0.896. The van der Waals surface area contributed by atoms with E-state index in [1.165, 1.54) is 12.1 Å².